The summed E-state index contributed by atoms with van der Waals surface area (Å²) in [5, 5.41) is 3.86. The summed E-state index contributed by atoms with van der Waals surface area (Å²) in [5.74, 6) is 0.843. The molecule has 5 heteroatoms. The van der Waals surface area contributed by atoms with Crippen LogP contribution in [-0.4, -0.2) is 18.1 Å². The molecule has 2 aromatic rings. The molecule has 0 aliphatic rings. The van der Waals surface area contributed by atoms with E-state index in [-0.39, 0.29) is 0 Å². The number of para-hydroxylation sites is 1. The summed E-state index contributed by atoms with van der Waals surface area (Å²) < 4.78 is 5.60. The van der Waals surface area contributed by atoms with Crippen molar-refractivity contribution in [1.29, 1.82) is 0 Å². The van der Waals surface area contributed by atoms with Crippen molar-refractivity contribution in [2.24, 2.45) is 5.73 Å². The summed E-state index contributed by atoms with van der Waals surface area (Å²) in [5.41, 5.74) is 7.28. The van der Waals surface area contributed by atoms with E-state index in [0.717, 1.165) is 17.0 Å². The van der Waals surface area contributed by atoms with Gasteiger partial charge in [-0.15, -0.1) is 0 Å². The molecule has 0 unspecified atom stereocenters. The third kappa shape index (κ3) is 4.11. The maximum atomic E-state index is 5.97. The normalized spacial score (nSPS) is 10.1. The van der Waals surface area contributed by atoms with Crippen molar-refractivity contribution < 1.29 is 4.74 Å². The summed E-state index contributed by atoms with van der Waals surface area (Å²) in [6.07, 6.45) is 0. The summed E-state index contributed by atoms with van der Waals surface area (Å²) in [6, 6.07) is 15.0. The minimum Gasteiger partial charge on any atom is -0.492 e. The zero-order chi connectivity index (χ0) is 14.4. The highest BCUT2D eigenvalue weighted by Gasteiger charge is 2.05. The number of ether oxygens (including phenoxy) is 1. The fourth-order valence-corrected chi connectivity index (χ4v) is 2.10. The SMILES string of the molecule is NC(=S)c1ccc(Cl)cc1NCCOc1ccccc1. The Kier molecular flexibility index (Phi) is 5.21. The van der Waals surface area contributed by atoms with Gasteiger partial charge in [0.1, 0.15) is 17.3 Å². The Hall–Kier alpha value is -1.78. The predicted octanol–water partition coefficient (Wildman–Crippen LogP) is 3.47. The molecule has 0 atom stereocenters. The second kappa shape index (κ2) is 7.12. The molecule has 3 nitrogen and oxygen atoms in total. The molecule has 0 fully saturated rings. The van der Waals surface area contributed by atoms with Gasteiger partial charge in [0, 0.05) is 22.8 Å². The molecule has 0 saturated heterocycles. The molecule has 0 bridgehead atoms. The van der Waals surface area contributed by atoms with Crippen molar-refractivity contribution in [1.82, 2.24) is 0 Å². The average Bonchev–Trinajstić information content (AvgIpc) is 2.44. The Morgan fingerprint density at radius 3 is 2.65 bits per heavy atom. The van der Waals surface area contributed by atoms with Gasteiger partial charge in [-0.2, -0.15) is 0 Å². The van der Waals surface area contributed by atoms with Crippen LogP contribution in [0.4, 0.5) is 5.69 Å². The zero-order valence-electron chi connectivity index (χ0n) is 10.8. The van der Waals surface area contributed by atoms with Crippen LogP contribution in [0.15, 0.2) is 48.5 Å². The highest BCUT2D eigenvalue weighted by molar-refractivity contribution is 7.80. The fourth-order valence-electron chi connectivity index (χ4n) is 1.75. The molecule has 0 aliphatic heterocycles. The Bertz CT molecular complexity index is 590. The van der Waals surface area contributed by atoms with Crippen LogP contribution >= 0.6 is 23.8 Å². The first-order valence-electron chi connectivity index (χ1n) is 6.18. The Balaban J connectivity index is 1.91. The minimum atomic E-state index is 0.341. The van der Waals surface area contributed by atoms with E-state index in [2.05, 4.69) is 5.32 Å². The number of halogens is 1. The van der Waals surface area contributed by atoms with E-state index < -0.39 is 0 Å². The molecule has 20 heavy (non-hydrogen) atoms. The van der Waals surface area contributed by atoms with Crippen molar-refractivity contribution in [3.05, 3.63) is 59.1 Å². The first kappa shape index (κ1) is 14.6. The van der Waals surface area contributed by atoms with Gasteiger partial charge >= 0.3 is 0 Å². The van der Waals surface area contributed by atoms with Crippen LogP contribution in [0.25, 0.3) is 0 Å². The number of rotatable bonds is 6. The molecule has 0 aromatic heterocycles. The predicted molar refractivity (Wildman–Crippen MR) is 87.8 cm³/mol. The standard InChI is InChI=1S/C15H15ClN2OS/c16-11-6-7-13(15(17)20)14(10-11)18-8-9-19-12-4-2-1-3-5-12/h1-7,10,18H,8-9H2,(H2,17,20). The van der Waals surface area contributed by atoms with Gasteiger partial charge in [-0.25, -0.2) is 0 Å². The van der Waals surface area contributed by atoms with Crippen LogP contribution in [0, 0.1) is 0 Å². The van der Waals surface area contributed by atoms with Crippen molar-refractivity contribution in [2.75, 3.05) is 18.5 Å². The largest absolute Gasteiger partial charge is 0.492 e. The first-order chi connectivity index (χ1) is 9.66. The number of hydrogen-bond donors (Lipinski definition) is 2. The summed E-state index contributed by atoms with van der Waals surface area (Å²) in [6.45, 7) is 1.16. The van der Waals surface area contributed by atoms with Gasteiger partial charge in [0.05, 0.1) is 0 Å². The third-order valence-electron chi connectivity index (χ3n) is 2.68. The van der Waals surface area contributed by atoms with Gasteiger partial charge in [-0.1, -0.05) is 42.0 Å². The maximum Gasteiger partial charge on any atom is 0.119 e. The van der Waals surface area contributed by atoms with Gasteiger partial charge in [0.2, 0.25) is 0 Å². The molecule has 3 N–H and O–H groups in total. The molecule has 0 aliphatic carbocycles. The molecule has 0 spiro atoms. The third-order valence-corrected chi connectivity index (χ3v) is 3.13. The highest BCUT2D eigenvalue weighted by atomic mass is 35.5. The number of hydrogen-bond acceptors (Lipinski definition) is 3. The molecular weight excluding hydrogens is 292 g/mol. The fraction of sp³-hybridized carbons (Fsp3) is 0.133. The van der Waals surface area contributed by atoms with E-state index in [9.17, 15) is 0 Å². The van der Waals surface area contributed by atoms with Gasteiger partial charge in [-0.05, 0) is 30.3 Å². The monoisotopic (exact) mass is 306 g/mol. The van der Waals surface area contributed by atoms with E-state index >= 15 is 0 Å². The quantitative estimate of drug-likeness (QED) is 0.634. The molecule has 2 aromatic carbocycles. The van der Waals surface area contributed by atoms with E-state index in [1.54, 1.807) is 12.1 Å². The van der Waals surface area contributed by atoms with E-state index in [4.69, 9.17) is 34.3 Å². The second-order valence-electron chi connectivity index (χ2n) is 4.14. The maximum absolute atomic E-state index is 5.97. The van der Waals surface area contributed by atoms with Crippen LogP contribution in [0.1, 0.15) is 5.56 Å². The molecule has 104 valence electrons. The Morgan fingerprint density at radius 1 is 1.20 bits per heavy atom. The molecule has 0 saturated carbocycles. The number of benzene rings is 2. The van der Waals surface area contributed by atoms with Crippen LogP contribution < -0.4 is 15.8 Å². The van der Waals surface area contributed by atoms with Crippen LogP contribution in [0.2, 0.25) is 5.02 Å². The minimum absolute atomic E-state index is 0.341. The summed E-state index contributed by atoms with van der Waals surface area (Å²) >= 11 is 11.0. The van der Waals surface area contributed by atoms with Gasteiger partial charge in [0.15, 0.2) is 0 Å². The summed E-state index contributed by atoms with van der Waals surface area (Å²) in [7, 11) is 0. The first-order valence-corrected chi connectivity index (χ1v) is 6.96. The van der Waals surface area contributed by atoms with Crippen molar-refractivity contribution in [3.63, 3.8) is 0 Å². The van der Waals surface area contributed by atoms with Crippen molar-refractivity contribution in [2.45, 2.75) is 0 Å². The Morgan fingerprint density at radius 2 is 1.95 bits per heavy atom. The van der Waals surface area contributed by atoms with Crippen LogP contribution in [0.5, 0.6) is 5.75 Å². The van der Waals surface area contributed by atoms with Crippen LogP contribution in [0.3, 0.4) is 0 Å². The lowest BCUT2D eigenvalue weighted by molar-refractivity contribution is 0.333. The topological polar surface area (TPSA) is 47.3 Å². The number of nitrogens with two attached hydrogens (primary N) is 1. The second-order valence-corrected chi connectivity index (χ2v) is 5.02. The van der Waals surface area contributed by atoms with Gasteiger partial charge in [0.25, 0.3) is 0 Å². The van der Waals surface area contributed by atoms with E-state index in [1.807, 2.05) is 36.4 Å². The molecular formula is C15H15ClN2OS. The zero-order valence-corrected chi connectivity index (χ0v) is 12.4. The van der Waals surface area contributed by atoms with Crippen molar-refractivity contribution >= 4 is 34.5 Å². The lowest BCUT2D eigenvalue weighted by Gasteiger charge is -2.12. The number of nitrogens with one attached hydrogen (secondary N) is 1. The molecule has 0 heterocycles. The number of anilines is 1. The van der Waals surface area contributed by atoms with Crippen LogP contribution in [-0.2, 0) is 0 Å². The van der Waals surface area contributed by atoms with E-state index in [1.165, 1.54) is 0 Å². The lowest BCUT2D eigenvalue weighted by Crippen LogP contribution is -2.16. The molecule has 0 amide bonds. The van der Waals surface area contributed by atoms with Crippen molar-refractivity contribution in [3.8, 4) is 5.75 Å². The van der Waals surface area contributed by atoms with Gasteiger partial charge in [-0.3, -0.25) is 0 Å². The lowest BCUT2D eigenvalue weighted by atomic mass is 10.2. The summed E-state index contributed by atoms with van der Waals surface area (Å²) in [4.78, 5) is 0.341. The smallest absolute Gasteiger partial charge is 0.119 e. The number of thiocarbonyl (C=S) groups is 1. The van der Waals surface area contributed by atoms with Gasteiger partial charge < -0.3 is 15.8 Å². The molecule has 0 radical (unpaired) electrons. The van der Waals surface area contributed by atoms with E-state index in [0.29, 0.717) is 23.2 Å². The highest BCUT2D eigenvalue weighted by Crippen LogP contribution is 2.21. The average molecular weight is 307 g/mol. The Labute approximate surface area is 128 Å². The molecule has 2 rings (SSSR count).